The van der Waals surface area contributed by atoms with Crippen LogP contribution in [0.2, 0.25) is 0 Å². The SMILES string of the molecule is Cc1cc2c(cc1/C=C1\C(=O)NC(=S)N(c3ccccc3C)C1=O)C(C)CC(C)(C)N2C(C)C. The molecule has 1 atom stereocenters. The van der Waals surface area contributed by atoms with E-state index < -0.39 is 11.8 Å². The average Bonchev–Trinajstić information content (AvgIpc) is 2.72. The minimum atomic E-state index is -0.463. The molecular formula is C28H33N3O2S. The van der Waals surface area contributed by atoms with Crippen molar-refractivity contribution in [2.75, 3.05) is 9.80 Å². The number of aryl methyl sites for hydroxylation is 2. The molecule has 6 heteroatoms. The van der Waals surface area contributed by atoms with Gasteiger partial charge < -0.3 is 4.90 Å². The number of benzene rings is 2. The number of nitrogens with one attached hydrogen (secondary N) is 1. The van der Waals surface area contributed by atoms with E-state index in [2.05, 4.69) is 57.0 Å². The molecule has 2 aromatic rings. The number of carbonyl (C=O) groups excluding carboxylic acids is 2. The molecule has 0 radical (unpaired) electrons. The van der Waals surface area contributed by atoms with E-state index in [1.165, 1.54) is 16.2 Å². The van der Waals surface area contributed by atoms with Crippen molar-refractivity contribution in [1.82, 2.24) is 5.32 Å². The van der Waals surface area contributed by atoms with Gasteiger partial charge in [0.15, 0.2) is 5.11 Å². The van der Waals surface area contributed by atoms with E-state index >= 15 is 0 Å². The van der Waals surface area contributed by atoms with Crippen LogP contribution in [0.3, 0.4) is 0 Å². The first-order chi connectivity index (χ1) is 15.9. The van der Waals surface area contributed by atoms with Gasteiger partial charge in [0.05, 0.1) is 5.69 Å². The molecule has 2 aliphatic heterocycles. The van der Waals surface area contributed by atoms with E-state index in [-0.39, 0.29) is 16.2 Å². The summed E-state index contributed by atoms with van der Waals surface area (Å²) in [6.45, 7) is 15.2. The second-order valence-electron chi connectivity index (χ2n) is 10.4. The molecule has 1 fully saturated rings. The Balaban J connectivity index is 1.80. The van der Waals surface area contributed by atoms with Crippen LogP contribution >= 0.6 is 12.2 Å². The highest BCUT2D eigenvalue weighted by Gasteiger charge is 2.39. The van der Waals surface area contributed by atoms with Gasteiger partial charge in [-0.25, -0.2) is 0 Å². The summed E-state index contributed by atoms with van der Waals surface area (Å²) < 4.78 is 0. The van der Waals surface area contributed by atoms with E-state index in [0.29, 0.717) is 17.6 Å². The fourth-order valence-corrected chi connectivity index (χ4v) is 5.87. The Morgan fingerprint density at radius 2 is 1.76 bits per heavy atom. The topological polar surface area (TPSA) is 52.7 Å². The molecule has 0 bridgehead atoms. The van der Waals surface area contributed by atoms with Gasteiger partial charge in [-0.15, -0.1) is 0 Å². The molecule has 1 saturated heterocycles. The van der Waals surface area contributed by atoms with Crippen molar-refractivity contribution in [1.29, 1.82) is 0 Å². The Labute approximate surface area is 207 Å². The van der Waals surface area contributed by atoms with Crippen LogP contribution in [0.4, 0.5) is 11.4 Å². The quantitative estimate of drug-likeness (QED) is 0.355. The lowest BCUT2D eigenvalue weighted by Crippen LogP contribution is -2.54. The Morgan fingerprint density at radius 3 is 2.41 bits per heavy atom. The summed E-state index contributed by atoms with van der Waals surface area (Å²) in [5.41, 5.74) is 6.11. The predicted octanol–water partition coefficient (Wildman–Crippen LogP) is 5.64. The van der Waals surface area contributed by atoms with Gasteiger partial charge in [-0.3, -0.25) is 19.8 Å². The fraction of sp³-hybridized carbons (Fsp3) is 0.393. The number of para-hydroxylation sites is 1. The Morgan fingerprint density at radius 1 is 1.09 bits per heavy atom. The average molecular weight is 476 g/mol. The monoisotopic (exact) mass is 475 g/mol. The third-order valence-electron chi connectivity index (χ3n) is 6.94. The van der Waals surface area contributed by atoms with E-state index in [1.54, 1.807) is 6.08 Å². The first-order valence-corrected chi connectivity index (χ1v) is 12.2. The summed E-state index contributed by atoms with van der Waals surface area (Å²) in [4.78, 5) is 30.2. The number of nitrogens with zero attached hydrogens (tertiary/aromatic N) is 2. The van der Waals surface area contributed by atoms with Crippen molar-refractivity contribution < 1.29 is 9.59 Å². The molecule has 2 aromatic carbocycles. The van der Waals surface area contributed by atoms with Crippen molar-refractivity contribution in [3.8, 4) is 0 Å². The lowest BCUT2D eigenvalue weighted by molar-refractivity contribution is -0.122. The molecule has 2 amide bonds. The first kappa shape index (κ1) is 24.1. The molecule has 0 spiro atoms. The molecule has 178 valence electrons. The molecular weight excluding hydrogens is 442 g/mol. The molecule has 0 aromatic heterocycles. The van der Waals surface area contributed by atoms with E-state index in [1.807, 2.05) is 38.1 Å². The highest BCUT2D eigenvalue weighted by molar-refractivity contribution is 7.80. The second kappa shape index (κ2) is 8.66. The number of amides is 2. The van der Waals surface area contributed by atoms with Gasteiger partial charge in [0.2, 0.25) is 0 Å². The normalized spacial score (nSPS) is 21.2. The molecule has 0 saturated carbocycles. The van der Waals surface area contributed by atoms with Gasteiger partial charge >= 0.3 is 0 Å². The van der Waals surface area contributed by atoms with Crippen LogP contribution in [0.5, 0.6) is 0 Å². The van der Waals surface area contributed by atoms with Gasteiger partial charge in [-0.1, -0.05) is 25.1 Å². The van der Waals surface area contributed by atoms with Crippen LogP contribution in [-0.2, 0) is 9.59 Å². The maximum absolute atomic E-state index is 13.5. The van der Waals surface area contributed by atoms with Crippen molar-refractivity contribution >= 4 is 46.6 Å². The molecule has 2 aliphatic rings. The third-order valence-corrected chi connectivity index (χ3v) is 7.22. The fourth-order valence-electron chi connectivity index (χ4n) is 5.59. The van der Waals surface area contributed by atoms with Gasteiger partial charge in [0.25, 0.3) is 11.8 Å². The zero-order valence-electron chi connectivity index (χ0n) is 21.0. The third kappa shape index (κ3) is 4.05. The number of hydrogen-bond donors (Lipinski definition) is 1. The summed E-state index contributed by atoms with van der Waals surface area (Å²) in [6, 6.07) is 12.2. The van der Waals surface area contributed by atoms with Crippen LogP contribution in [0.15, 0.2) is 42.0 Å². The Bertz CT molecular complexity index is 1230. The number of carbonyl (C=O) groups is 2. The van der Waals surface area contributed by atoms with Crippen LogP contribution in [0.1, 0.15) is 69.2 Å². The summed E-state index contributed by atoms with van der Waals surface area (Å²) in [5, 5.41) is 2.80. The predicted molar refractivity (Wildman–Crippen MR) is 143 cm³/mol. The zero-order chi connectivity index (χ0) is 24.9. The minimum absolute atomic E-state index is 0.0516. The smallest absolute Gasteiger partial charge is 0.270 e. The molecule has 1 unspecified atom stereocenters. The summed E-state index contributed by atoms with van der Waals surface area (Å²) in [7, 11) is 0. The van der Waals surface area contributed by atoms with Crippen molar-refractivity contribution in [2.24, 2.45) is 0 Å². The van der Waals surface area contributed by atoms with E-state index in [9.17, 15) is 9.59 Å². The Hall–Kier alpha value is -2.99. The molecule has 0 aliphatic carbocycles. The van der Waals surface area contributed by atoms with Crippen LogP contribution in [0.25, 0.3) is 6.08 Å². The second-order valence-corrected chi connectivity index (χ2v) is 10.8. The standard InChI is InChI=1S/C28H33N3O2S/c1-16(2)31-24-12-18(4)20(13-21(24)19(5)15-28(31,6)7)14-22-25(32)29-27(34)30(26(22)33)23-11-9-8-10-17(23)3/h8-14,16,19H,15H2,1-7H3,(H,29,32,34)/b22-14+. The lowest BCUT2D eigenvalue weighted by Gasteiger charge is -2.50. The van der Waals surface area contributed by atoms with Crippen LogP contribution in [0, 0.1) is 13.8 Å². The van der Waals surface area contributed by atoms with Gasteiger partial charge in [-0.2, -0.15) is 0 Å². The largest absolute Gasteiger partial charge is 0.364 e. The van der Waals surface area contributed by atoms with Crippen molar-refractivity contribution in [2.45, 2.75) is 72.4 Å². The highest BCUT2D eigenvalue weighted by Crippen LogP contribution is 2.45. The van der Waals surface area contributed by atoms with E-state index in [0.717, 1.165) is 23.1 Å². The summed E-state index contributed by atoms with van der Waals surface area (Å²) in [5.74, 6) is -0.502. The minimum Gasteiger partial charge on any atom is -0.364 e. The van der Waals surface area contributed by atoms with Crippen LogP contribution in [-0.4, -0.2) is 28.5 Å². The maximum Gasteiger partial charge on any atom is 0.270 e. The number of thiocarbonyl (C=S) groups is 1. The van der Waals surface area contributed by atoms with Gasteiger partial charge in [-0.05, 0) is 113 Å². The number of hydrogen-bond acceptors (Lipinski definition) is 4. The van der Waals surface area contributed by atoms with Crippen LogP contribution < -0.4 is 15.1 Å². The molecule has 4 rings (SSSR count). The highest BCUT2D eigenvalue weighted by atomic mass is 32.1. The molecule has 2 heterocycles. The number of rotatable bonds is 3. The number of anilines is 2. The summed E-state index contributed by atoms with van der Waals surface area (Å²) in [6.07, 6.45) is 2.75. The van der Waals surface area contributed by atoms with Crippen molar-refractivity contribution in [3.63, 3.8) is 0 Å². The lowest BCUT2D eigenvalue weighted by atomic mass is 9.78. The first-order valence-electron chi connectivity index (χ1n) is 11.8. The van der Waals surface area contributed by atoms with Gasteiger partial charge in [0, 0.05) is 17.3 Å². The molecule has 1 N–H and O–H groups in total. The maximum atomic E-state index is 13.5. The van der Waals surface area contributed by atoms with Gasteiger partial charge in [0.1, 0.15) is 5.57 Å². The van der Waals surface area contributed by atoms with E-state index in [4.69, 9.17) is 12.2 Å². The molecule has 5 nitrogen and oxygen atoms in total. The van der Waals surface area contributed by atoms with Crippen molar-refractivity contribution in [3.05, 3.63) is 64.2 Å². The Kier molecular flexibility index (Phi) is 6.15. The zero-order valence-corrected chi connectivity index (χ0v) is 21.8. The molecule has 34 heavy (non-hydrogen) atoms. The summed E-state index contributed by atoms with van der Waals surface area (Å²) >= 11 is 5.36. The number of fused-ring (bicyclic) bond motifs is 1.